The molecule has 0 radical (unpaired) electrons. The second-order valence-corrected chi connectivity index (χ2v) is 5.68. The summed E-state index contributed by atoms with van der Waals surface area (Å²) in [7, 11) is 0. The Labute approximate surface area is 138 Å². The summed E-state index contributed by atoms with van der Waals surface area (Å²) in [6.07, 6.45) is 4.27. The number of pyridine rings is 1. The van der Waals surface area contributed by atoms with Gasteiger partial charge in [0.05, 0.1) is 18.3 Å². The number of ether oxygens (including phenoxy) is 2. The van der Waals surface area contributed by atoms with Crippen molar-refractivity contribution in [3.8, 4) is 11.5 Å². The lowest BCUT2D eigenvalue weighted by Crippen LogP contribution is -2.28. The molecule has 0 saturated carbocycles. The fourth-order valence-electron chi connectivity index (χ4n) is 3.12. The zero-order valence-corrected chi connectivity index (χ0v) is 13.6. The van der Waals surface area contributed by atoms with Crippen LogP contribution in [0.2, 0.25) is 0 Å². The van der Waals surface area contributed by atoms with Gasteiger partial charge in [-0.25, -0.2) is 0 Å². The lowest BCUT2D eigenvalue weighted by molar-refractivity contribution is 0.190. The average molecular weight is 312 g/mol. The Hall–Kier alpha value is -2.07. The number of rotatable bonds is 7. The molecule has 1 aliphatic rings. The molecule has 1 saturated heterocycles. The molecule has 1 fully saturated rings. The predicted octanol–water partition coefficient (Wildman–Crippen LogP) is 3.70. The van der Waals surface area contributed by atoms with E-state index in [9.17, 15) is 0 Å². The van der Waals surface area contributed by atoms with Crippen LogP contribution in [-0.2, 0) is 0 Å². The molecule has 0 N–H and O–H groups in total. The summed E-state index contributed by atoms with van der Waals surface area (Å²) >= 11 is 0. The van der Waals surface area contributed by atoms with Crippen LogP contribution in [0.25, 0.3) is 0 Å². The van der Waals surface area contributed by atoms with Crippen LogP contribution in [-0.4, -0.2) is 36.2 Å². The maximum atomic E-state index is 5.95. The average Bonchev–Trinajstić information content (AvgIpc) is 3.06. The predicted molar refractivity (Wildman–Crippen MR) is 90.9 cm³/mol. The van der Waals surface area contributed by atoms with Crippen molar-refractivity contribution in [2.45, 2.75) is 25.8 Å². The molecule has 0 amide bonds. The fraction of sp³-hybridized carbons (Fsp3) is 0.421. The molecule has 122 valence electrons. The Morgan fingerprint density at radius 1 is 1.09 bits per heavy atom. The van der Waals surface area contributed by atoms with Crippen LogP contribution in [0.1, 0.15) is 31.5 Å². The van der Waals surface area contributed by atoms with Gasteiger partial charge in [0, 0.05) is 12.7 Å². The zero-order chi connectivity index (χ0) is 15.9. The van der Waals surface area contributed by atoms with Crippen molar-refractivity contribution in [3.05, 3.63) is 54.4 Å². The number of hydrogen-bond donors (Lipinski definition) is 0. The third-order valence-electron chi connectivity index (χ3n) is 4.18. The number of nitrogens with zero attached hydrogens (tertiary/aromatic N) is 2. The van der Waals surface area contributed by atoms with Crippen molar-refractivity contribution in [1.29, 1.82) is 0 Å². The fourth-order valence-corrected chi connectivity index (χ4v) is 3.12. The molecular weight excluding hydrogens is 288 g/mol. The standard InChI is InChI=1S/C19H24N2O2/c1-2-22-18-10-3-4-11-19(18)23-15-14-21-13-7-9-17(21)16-8-5-6-12-20-16/h3-6,8,10-12,17H,2,7,9,13-15H2,1H3. The molecule has 4 heteroatoms. The van der Waals surface area contributed by atoms with E-state index < -0.39 is 0 Å². The van der Waals surface area contributed by atoms with E-state index >= 15 is 0 Å². The summed E-state index contributed by atoms with van der Waals surface area (Å²) in [6.45, 7) is 5.31. The van der Waals surface area contributed by atoms with E-state index in [1.807, 2.05) is 43.5 Å². The molecule has 4 nitrogen and oxygen atoms in total. The summed E-state index contributed by atoms with van der Waals surface area (Å²) in [6, 6.07) is 14.4. The molecular formula is C19H24N2O2. The number of aromatic nitrogens is 1. The quantitative estimate of drug-likeness (QED) is 0.781. The largest absolute Gasteiger partial charge is 0.490 e. The van der Waals surface area contributed by atoms with Crippen LogP contribution in [0.15, 0.2) is 48.7 Å². The summed E-state index contributed by atoms with van der Waals surface area (Å²) in [5.74, 6) is 1.64. The van der Waals surface area contributed by atoms with Gasteiger partial charge in [-0.05, 0) is 50.6 Å². The van der Waals surface area contributed by atoms with Crippen LogP contribution in [0.4, 0.5) is 0 Å². The second kappa shape index (κ2) is 7.97. The molecule has 1 aliphatic heterocycles. The van der Waals surface area contributed by atoms with Gasteiger partial charge in [-0.3, -0.25) is 9.88 Å². The molecule has 0 bridgehead atoms. The van der Waals surface area contributed by atoms with Gasteiger partial charge in [0.25, 0.3) is 0 Å². The van der Waals surface area contributed by atoms with E-state index in [2.05, 4.69) is 22.0 Å². The van der Waals surface area contributed by atoms with E-state index in [0.29, 0.717) is 19.3 Å². The molecule has 23 heavy (non-hydrogen) atoms. The highest BCUT2D eigenvalue weighted by Crippen LogP contribution is 2.31. The summed E-state index contributed by atoms with van der Waals surface area (Å²) < 4.78 is 11.6. The third kappa shape index (κ3) is 4.02. The minimum absolute atomic E-state index is 0.418. The van der Waals surface area contributed by atoms with E-state index in [4.69, 9.17) is 9.47 Å². The molecule has 2 aromatic rings. The van der Waals surface area contributed by atoms with Gasteiger partial charge in [0.1, 0.15) is 6.61 Å². The molecule has 0 spiro atoms. The third-order valence-corrected chi connectivity index (χ3v) is 4.18. The van der Waals surface area contributed by atoms with Crippen LogP contribution in [0.5, 0.6) is 11.5 Å². The lowest BCUT2D eigenvalue weighted by Gasteiger charge is -2.24. The summed E-state index contributed by atoms with van der Waals surface area (Å²) in [5.41, 5.74) is 1.17. The van der Waals surface area contributed by atoms with Gasteiger partial charge >= 0.3 is 0 Å². The first-order valence-corrected chi connectivity index (χ1v) is 8.38. The monoisotopic (exact) mass is 312 g/mol. The highest BCUT2D eigenvalue weighted by Gasteiger charge is 2.26. The number of hydrogen-bond acceptors (Lipinski definition) is 4. The van der Waals surface area contributed by atoms with Gasteiger partial charge in [-0.2, -0.15) is 0 Å². The highest BCUT2D eigenvalue weighted by molar-refractivity contribution is 5.39. The molecule has 1 aromatic carbocycles. The van der Waals surface area contributed by atoms with Crippen LogP contribution in [0, 0.1) is 0 Å². The van der Waals surface area contributed by atoms with E-state index in [1.165, 1.54) is 18.5 Å². The van der Waals surface area contributed by atoms with Crippen LogP contribution in [0.3, 0.4) is 0 Å². The number of likely N-dealkylation sites (tertiary alicyclic amines) is 1. The first-order chi connectivity index (χ1) is 11.4. The van der Waals surface area contributed by atoms with Gasteiger partial charge in [0.15, 0.2) is 11.5 Å². The van der Waals surface area contributed by atoms with Crippen LogP contribution < -0.4 is 9.47 Å². The number of benzene rings is 1. The van der Waals surface area contributed by atoms with Gasteiger partial charge in [0.2, 0.25) is 0 Å². The minimum atomic E-state index is 0.418. The SMILES string of the molecule is CCOc1ccccc1OCCN1CCCC1c1ccccn1. The maximum Gasteiger partial charge on any atom is 0.161 e. The van der Waals surface area contributed by atoms with Crippen molar-refractivity contribution < 1.29 is 9.47 Å². The van der Waals surface area contributed by atoms with E-state index in [-0.39, 0.29) is 0 Å². The Balaban J connectivity index is 1.56. The molecule has 3 rings (SSSR count). The minimum Gasteiger partial charge on any atom is -0.490 e. The molecule has 0 aliphatic carbocycles. The smallest absolute Gasteiger partial charge is 0.161 e. The van der Waals surface area contributed by atoms with E-state index in [1.54, 1.807) is 0 Å². The first kappa shape index (κ1) is 15.8. The second-order valence-electron chi connectivity index (χ2n) is 5.68. The molecule has 1 aromatic heterocycles. The Morgan fingerprint density at radius 3 is 2.61 bits per heavy atom. The Bertz CT molecular complexity index is 603. The van der Waals surface area contributed by atoms with Crippen molar-refractivity contribution >= 4 is 0 Å². The van der Waals surface area contributed by atoms with Crippen LogP contribution >= 0.6 is 0 Å². The maximum absolute atomic E-state index is 5.95. The highest BCUT2D eigenvalue weighted by atomic mass is 16.5. The zero-order valence-electron chi connectivity index (χ0n) is 13.6. The Kier molecular flexibility index (Phi) is 5.48. The van der Waals surface area contributed by atoms with Crippen molar-refractivity contribution in [2.75, 3.05) is 26.3 Å². The molecule has 1 atom stereocenters. The van der Waals surface area contributed by atoms with Crippen molar-refractivity contribution in [1.82, 2.24) is 9.88 Å². The molecule has 2 heterocycles. The van der Waals surface area contributed by atoms with Gasteiger partial charge in [-0.15, -0.1) is 0 Å². The van der Waals surface area contributed by atoms with E-state index in [0.717, 1.165) is 24.6 Å². The van der Waals surface area contributed by atoms with Crippen molar-refractivity contribution in [3.63, 3.8) is 0 Å². The van der Waals surface area contributed by atoms with Crippen molar-refractivity contribution in [2.24, 2.45) is 0 Å². The summed E-state index contributed by atoms with van der Waals surface area (Å²) in [5, 5.41) is 0. The number of para-hydroxylation sites is 2. The Morgan fingerprint density at radius 2 is 1.87 bits per heavy atom. The van der Waals surface area contributed by atoms with Gasteiger partial charge in [-0.1, -0.05) is 18.2 Å². The molecule has 1 unspecified atom stereocenters. The summed E-state index contributed by atoms with van der Waals surface area (Å²) in [4.78, 5) is 6.98. The normalized spacial score (nSPS) is 18.0. The lowest BCUT2D eigenvalue weighted by atomic mass is 10.1. The first-order valence-electron chi connectivity index (χ1n) is 8.38. The topological polar surface area (TPSA) is 34.6 Å². The van der Waals surface area contributed by atoms with Gasteiger partial charge < -0.3 is 9.47 Å².